The Balaban J connectivity index is 1.09. The van der Waals surface area contributed by atoms with Gasteiger partial charge in [0.25, 0.3) is 0 Å². The molecule has 0 aromatic rings. The quantitative estimate of drug-likeness (QED) is 0.325. The van der Waals surface area contributed by atoms with Gasteiger partial charge in [-0.15, -0.1) is 0 Å². The van der Waals surface area contributed by atoms with Crippen molar-refractivity contribution in [3.63, 3.8) is 0 Å². The molecule has 0 radical (unpaired) electrons. The van der Waals surface area contributed by atoms with Gasteiger partial charge >= 0.3 is 0 Å². The molecule has 0 unspecified atom stereocenters. The Bertz CT molecular complexity index is 1240. The molecular formula is C37H60O9. The number of hydrogen-bond donors (Lipinski definition) is 4. The summed E-state index contributed by atoms with van der Waals surface area (Å²) in [6.07, 6.45) is 2.71. The van der Waals surface area contributed by atoms with Crippen molar-refractivity contribution in [1.29, 1.82) is 0 Å². The van der Waals surface area contributed by atoms with Gasteiger partial charge in [-0.3, -0.25) is 0 Å². The predicted octanol–water partition coefficient (Wildman–Crippen LogP) is 4.17. The number of hydrogen-bond acceptors (Lipinski definition) is 9. The Morgan fingerprint density at radius 3 is 2.28 bits per heavy atom. The van der Waals surface area contributed by atoms with Crippen LogP contribution in [0.15, 0.2) is 0 Å². The van der Waals surface area contributed by atoms with Gasteiger partial charge in [0.1, 0.15) is 30.5 Å². The zero-order valence-corrected chi connectivity index (χ0v) is 29.3. The number of rotatable bonds is 5. The van der Waals surface area contributed by atoms with Crippen LogP contribution in [-0.2, 0) is 23.7 Å². The molecule has 9 heteroatoms. The molecule has 5 aliphatic carbocycles. The first-order valence-corrected chi connectivity index (χ1v) is 18.5. The molecule has 3 aliphatic heterocycles. The highest BCUT2D eigenvalue weighted by molar-refractivity contribution is 5.34. The number of fused-ring (bicyclic) bond motifs is 4. The van der Waals surface area contributed by atoms with Crippen molar-refractivity contribution in [3.8, 4) is 0 Å². The van der Waals surface area contributed by atoms with E-state index in [1.54, 1.807) is 0 Å². The second-order valence-electron chi connectivity index (χ2n) is 18.7. The van der Waals surface area contributed by atoms with Gasteiger partial charge in [-0.2, -0.15) is 0 Å². The Hall–Kier alpha value is -0.360. The fraction of sp³-hybridized carbons (Fsp3) is 1.00. The Morgan fingerprint density at radius 2 is 1.57 bits per heavy atom. The van der Waals surface area contributed by atoms with E-state index in [9.17, 15) is 20.4 Å². The minimum Gasteiger partial charge on any atom is -0.388 e. The third kappa shape index (κ3) is 3.69. The molecule has 3 heterocycles. The maximum absolute atomic E-state index is 12.8. The molecule has 8 fully saturated rings. The molecule has 262 valence electrons. The maximum Gasteiger partial charge on any atom is 0.199 e. The fourth-order valence-corrected chi connectivity index (χ4v) is 14.4. The summed E-state index contributed by atoms with van der Waals surface area (Å²) < 4.78 is 32.5. The second-order valence-corrected chi connectivity index (χ2v) is 18.7. The fourth-order valence-electron chi connectivity index (χ4n) is 14.4. The minimum atomic E-state index is -1.28. The Kier molecular flexibility index (Phi) is 7.07. The highest BCUT2D eigenvalue weighted by Gasteiger charge is 2.88. The molecular weight excluding hydrogens is 588 g/mol. The van der Waals surface area contributed by atoms with Gasteiger partial charge in [-0.05, 0) is 112 Å². The van der Waals surface area contributed by atoms with Crippen molar-refractivity contribution in [2.45, 2.75) is 167 Å². The summed E-state index contributed by atoms with van der Waals surface area (Å²) in [5, 5.41) is 43.7. The van der Waals surface area contributed by atoms with Gasteiger partial charge in [0.2, 0.25) is 0 Å². The van der Waals surface area contributed by atoms with E-state index in [-0.39, 0.29) is 57.9 Å². The van der Waals surface area contributed by atoms with E-state index in [4.69, 9.17) is 23.7 Å². The average molecular weight is 649 g/mol. The van der Waals surface area contributed by atoms with Crippen molar-refractivity contribution in [2.75, 3.05) is 13.2 Å². The van der Waals surface area contributed by atoms with E-state index in [2.05, 4.69) is 48.5 Å². The van der Waals surface area contributed by atoms with E-state index in [0.29, 0.717) is 24.4 Å². The third-order valence-corrected chi connectivity index (χ3v) is 16.4. The molecule has 0 aromatic carbocycles. The van der Waals surface area contributed by atoms with Crippen LogP contribution in [0.4, 0.5) is 0 Å². The topological polar surface area (TPSA) is 127 Å². The van der Waals surface area contributed by atoms with Crippen LogP contribution in [0.25, 0.3) is 0 Å². The zero-order valence-electron chi connectivity index (χ0n) is 29.3. The molecule has 5 saturated carbocycles. The lowest BCUT2D eigenvalue weighted by Gasteiger charge is -2.63. The van der Waals surface area contributed by atoms with Gasteiger partial charge in [-0.1, -0.05) is 34.6 Å². The molecule has 8 rings (SSSR count). The van der Waals surface area contributed by atoms with Crippen LogP contribution in [0.1, 0.15) is 107 Å². The summed E-state index contributed by atoms with van der Waals surface area (Å²) in [7, 11) is 0. The summed E-state index contributed by atoms with van der Waals surface area (Å²) in [6.45, 7) is 18.7. The summed E-state index contributed by atoms with van der Waals surface area (Å²) in [5.74, 6) is 0.343. The molecule has 9 nitrogen and oxygen atoms in total. The zero-order chi connectivity index (χ0) is 33.0. The average Bonchev–Trinajstić information content (AvgIpc) is 3.50. The van der Waals surface area contributed by atoms with Gasteiger partial charge in [-0.25, -0.2) is 0 Å². The highest BCUT2D eigenvalue weighted by atomic mass is 16.8. The van der Waals surface area contributed by atoms with Crippen LogP contribution in [-0.4, -0.2) is 94.0 Å². The Labute approximate surface area is 275 Å². The van der Waals surface area contributed by atoms with Crippen LogP contribution in [0.3, 0.4) is 0 Å². The second kappa shape index (κ2) is 9.91. The van der Waals surface area contributed by atoms with Gasteiger partial charge in [0.05, 0.1) is 24.4 Å². The standard InChI is InChI=1S/C37H60O9/c1-9-43-32(5,6)28-21-16-19(2)27-33(7)14-15-36-18-35(36)13-12-24(44-29-26(40)25(39)20(38)17-42-29)31(3,4)22(35)10-11-23(36)34(33,8)30(41)37(27,45-21)46-28/h19-30,38-41H,9-18H2,1-8H3/t19-,20-,21-,22+,23+,24+,25+,26-,27-,28+,29+,30-,33-,34-,35-,36+,37+/m1/s1. The van der Waals surface area contributed by atoms with E-state index in [1.165, 1.54) is 12.8 Å². The van der Waals surface area contributed by atoms with Gasteiger partial charge < -0.3 is 44.1 Å². The molecule has 17 atom stereocenters. The first kappa shape index (κ1) is 32.8. The minimum absolute atomic E-state index is 0.0486. The van der Waals surface area contributed by atoms with Crippen molar-refractivity contribution < 1.29 is 44.1 Å². The van der Waals surface area contributed by atoms with Crippen LogP contribution >= 0.6 is 0 Å². The van der Waals surface area contributed by atoms with Crippen molar-refractivity contribution >= 4 is 0 Å². The number of ether oxygens (including phenoxy) is 5. The molecule has 0 aromatic heterocycles. The lowest BCUT2D eigenvalue weighted by atomic mass is 9.41. The molecule has 2 bridgehead atoms. The van der Waals surface area contributed by atoms with E-state index in [1.807, 2.05) is 6.92 Å². The van der Waals surface area contributed by atoms with E-state index < -0.39 is 42.1 Å². The first-order valence-electron chi connectivity index (χ1n) is 18.5. The summed E-state index contributed by atoms with van der Waals surface area (Å²) in [4.78, 5) is 0. The van der Waals surface area contributed by atoms with E-state index >= 15 is 0 Å². The van der Waals surface area contributed by atoms with E-state index in [0.717, 1.165) is 38.5 Å². The summed E-state index contributed by atoms with van der Waals surface area (Å²) in [6, 6.07) is 0. The van der Waals surface area contributed by atoms with Crippen LogP contribution in [0.2, 0.25) is 0 Å². The SMILES string of the molecule is CCOC(C)(C)[C@H]1O[C@@]23O[C@@H]1C[C@@H](C)[C@@H]2[C@@]1(C)CC[C@@]24C[C@@]25CC[C@H](O[C@@H]2OC[C@@H](O)[C@H](O)[C@H]2O)C(C)(C)[C@@H]5CC[C@H]4[C@]1(C)[C@H]3O. The van der Waals surface area contributed by atoms with Crippen molar-refractivity contribution in [1.82, 2.24) is 0 Å². The lowest BCUT2D eigenvalue weighted by molar-refractivity contribution is -0.303. The smallest absolute Gasteiger partial charge is 0.199 e. The highest BCUT2D eigenvalue weighted by Crippen LogP contribution is 2.90. The van der Waals surface area contributed by atoms with Crippen LogP contribution in [0, 0.1) is 50.7 Å². The first-order chi connectivity index (χ1) is 21.5. The summed E-state index contributed by atoms with van der Waals surface area (Å²) in [5.41, 5.74) is -0.714. The lowest BCUT2D eigenvalue weighted by Crippen LogP contribution is -2.61. The summed E-state index contributed by atoms with van der Waals surface area (Å²) >= 11 is 0. The van der Waals surface area contributed by atoms with Crippen LogP contribution in [0.5, 0.6) is 0 Å². The molecule has 8 aliphatic rings. The number of aliphatic hydroxyl groups is 4. The maximum atomic E-state index is 12.8. The van der Waals surface area contributed by atoms with Crippen molar-refractivity contribution in [2.24, 2.45) is 50.7 Å². The van der Waals surface area contributed by atoms with Crippen molar-refractivity contribution in [3.05, 3.63) is 0 Å². The monoisotopic (exact) mass is 648 g/mol. The molecule has 3 spiro atoms. The van der Waals surface area contributed by atoms with Gasteiger partial charge in [0, 0.05) is 17.9 Å². The predicted molar refractivity (Wildman–Crippen MR) is 168 cm³/mol. The molecule has 0 amide bonds. The third-order valence-electron chi connectivity index (χ3n) is 16.4. The molecule has 46 heavy (non-hydrogen) atoms. The Morgan fingerprint density at radius 1 is 0.870 bits per heavy atom. The largest absolute Gasteiger partial charge is 0.388 e. The number of aliphatic hydroxyl groups excluding tert-OH is 4. The normalized spacial score (nSPS) is 60.0. The van der Waals surface area contributed by atoms with Crippen LogP contribution < -0.4 is 0 Å². The molecule has 4 N–H and O–H groups in total. The molecule has 3 saturated heterocycles. The van der Waals surface area contributed by atoms with Gasteiger partial charge in [0.15, 0.2) is 12.1 Å².